The number of carboxylic acids is 1. The molecule has 0 amide bonds. The normalized spacial score (nSPS) is 13.9. The molecule has 0 aliphatic heterocycles. The molecular formula is C9H18O2. The van der Waals surface area contributed by atoms with E-state index in [1.54, 1.807) is 0 Å². The third kappa shape index (κ3) is 9.47. The molecule has 0 saturated heterocycles. The largest absolute Gasteiger partial charge is 0.481 e. The molecule has 0 spiro atoms. The van der Waals surface area contributed by atoms with Crippen LogP contribution in [0, 0.1) is 0 Å². The van der Waals surface area contributed by atoms with Gasteiger partial charge in [0.2, 0.25) is 0 Å². The quantitative estimate of drug-likeness (QED) is 0.581. The molecule has 0 bridgehead atoms. The molecule has 0 heterocycles. The lowest BCUT2D eigenvalue weighted by atomic mass is 10.1. The van der Waals surface area contributed by atoms with Crippen molar-refractivity contribution in [3.8, 4) is 0 Å². The van der Waals surface area contributed by atoms with Gasteiger partial charge in [-0.2, -0.15) is 0 Å². The summed E-state index contributed by atoms with van der Waals surface area (Å²) in [7, 11) is 0. The first kappa shape index (κ1) is 7.14. The third-order valence-corrected chi connectivity index (χ3v) is 1.56. The van der Waals surface area contributed by atoms with Crippen LogP contribution in [0.15, 0.2) is 0 Å². The fourth-order valence-corrected chi connectivity index (χ4v) is 0.924. The first-order chi connectivity index (χ1) is 6.00. The van der Waals surface area contributed by atoms with E-state index in [1.807, 2.05) is 0 Å². The van der Waals surface area contributed by atoms with E-state index < -0.39 is 12.3 Å². The highest BCUT2D eigenvalue weighted by Crippen LogP contribution is 2.06. The summed E-state index contributed by atoms with van der Waals surface area (Å²) in [5.41, 5.74) is 0. The lowest BCUT2D eigenvalue weighted by Crippen LogP contribution is -1.93. The van der Waals surface area contributed by atoms with Gasteiger partial charge in [0.25, 0.3) is 0 Å². The highest BCUT2D eigenvalue weighted by Gasteiger charge is 1.95. The van der Waals surface area contributed by atoms with Gasteiger partial charge in [-0.3, -0.25) is 4.79 Å². The highest BCUT2D eigenvalue weighted by atomic mass is 16.4. The molecule has 0 aromatic rings. The van der Waals surface area contributed by atoms with Crippen LogP contribution in [0.3, 0.4) is 0 Å². The number of hydrogen-bond acceptors (Lipinski definition) is 1. The minimum absolute atomic E-state index is 0.131. The van der Waals surface area contributed by atoms with Gasteiger partial charge in [0.1, 0.15) is 0 Å². The molecule has 1 N–H and O–H groups in total. The fourth-order valence-electron chi connectivity index (χ4n) is 0.924. The standard InChI is InChI=1S/C9H18O2/c1-2-3-4-5-6-7-8-9(10)11/h2-8H2,1H3,(H,10,11)/i8D2. The van der Waals surface area contributed by atoms with Gasteiger partial charge < -0.3 is 5.11 Å². The van der Waals surface area contributed by atoms with Crippen LogP contribution in [-0.2, 0) is 4.79 Å². The Balaban J connectivity index is 3.46. The molecule has 0 aliphatic rings. The molecule has 0 aliphatic carbocycles. The van der Waals surface area contributed by atoms with Crippen LogP contribution in [-0.4, -0.2) is 11.1 Å². The summed E-state index contributed by atoms with van der Waals surface area (Å²) < 4.78 is 14.3. The van der Waals surface area contributed by atoms with Gasteiger partial charge in [-0.25, -0.2) is 0 Å². The smallest absolute Gasteiger partial charge is 0.303 e. The van der Waals surface area contributed by atoms with Crippen molar-refractivity contribution in [3.63, 3.8) is 0 Å². The van der Waals surface area contributed by atoms with Gasteiger partial charge in [-0.05, 0) is 6.42 Å². The Morgan fingerprint density at radius 2 is 1.82 bits per heavy atom. The molecule has 0 unspecified atom stereocenters. The van der Waals surface area contributed by atoms with Crippen LogP contribution in [0.1, 0.15) is 54.6 Å². The van der Waals surface area contributed by atoms with Crippen LogP contribution in [0.2, 0.25) is 0 Å². The summed E-state index contributed by atoms with van der Waals surface area (Å²) in [5, 5.41) is 8.47. The van der Waals surface area contributed by atoms with E-state index in [4.69, 9.17) is 7.85 Å². The number of rotatable bonds is 7. The lowest BCUT2D eigenvalue weighted by molar-refractivity contribution is -0.137. The summed E-state index contributed by atoms with van der Waals surface area (Å²) in [6.07, 6.45) is 3.06. The molecule has 11 heavy (non-hydrogen) atoms. The van der Waals surface area contributed by atoms with E-state index in [9.17, 15) is 4.79 Å². The predicted molar refractivity (Wildman–Crippen MR) is 45.6 cm³/mol. The van der Waals surface area contributed by atoms with E-state index in [0.717, 1.165) is 25.7 Å². The van der Waals surface area contributed by atoms with Crippen molar-refractivity contribution in [2.75, 3.05) is 0 Å². The second-order valence-electron chi connectivity index (χ2n) is 2.65. The van der Waals surface area contributed by atoms with Crippen molar-refractivity contribution in [2.24, 2.45) is 0 Å². The second kappa shape index (κ2) is 7.58. The maximum absolute atomic E-state index is 10.4. The number of unbranched alkanes of at least 4 members (excludes halogenated alkanes) is 4. The molecule has 66 valence electrons. The van der Waals surface area contributed by atoms with Crippen LogP contribution >= 0.6 is 0 Å². The van der Waals surface area contributed by atoms with Crippen LogP contribution in [0.25, 0.3) is 0 Å². The Labute approximate surface area is 71.4 Å². The molecule has 0 fully saturated rings. The van der Waals surface area contributed by atoms with Crippen molar-refractivity contribution in [1.82, 2.24) is 0 Å². The maximum atomic E-state index is 10.4. The Bertz CT molecular complexity index is 158. The predicted octanol–water partition coefficient (Wildman–Crippen LogP) is 2.82. The zero-order chi connectivity index (χ0) is 10.3. The first-order valence-electron chi connectivity index (χ1n) is 5.24. The molecule has 0 aromatic carbocycles. The van der Waals surface area contributed by atoms with E-state index in [2.05, 4.69) is 6.92 Å². The molecule has 2 heteroatoms. The monoisotopic (exact) mass is 160 g/mol. The van der Waals surface area contributed by atoms with Gasteiger partial charge in [-0.15, -0.1) is 0 Å². The van der Waals surface area contributed by atoms with Crippen LogP contribution in [0.5, 0.6) is 0 Å². The number of carbonyl (C=O) groups is 1. The van der Waals surface area contributed by atoms with Gasteiger partial charge in [0.15, 0.2) is 0 Å². The average molecular weight is 160 g/mol. The zero-order valence-corrected chi connectivity index (χ0v) is 7.10. The third-order valence-electron chi connectivity index (χ3n) is 1.56. The fraction of sp³-hybridized carbons (Fsp3) is 0.889. The molecule has 0 aromatic heterocycles. The molecule has 0 radical (unpaired) electrons. The van der Waals surface area contributed by atoms with Crippen molar-refractivity contribution >= 4 is 5.97 Å². The Kier molecular flexibility index (Phi) is 4.92. The van der Waals surface area contributed by atoms with Crippen molar-refractivity contribution in [1.29, 1.82) is 0 Å². The summed E-state index contributed by atoms with van der Waals surface area (Å²) in [5.74, 6) is -1.34. The zero-order valence-electron chi connectivity index (χ0n) is 9.10. The Morgan fingerprint density at radius 1 is 1.27 bits per heavy atom. The minimum Gasteiger partial charge on any atom is -0.481 e. The number of carboxylic acid groups (broad SMARTS) is 1. The van der Waals surface area contributed by atoms with Crippen LogP contribution in [0.4, 0.5) is 0 Å². The molecule has 0 saturated carbocycles. The van der Waals surface area contributed by atoms with Crippen molar-refractivity contribution in [3.05, 3.63) is 0 Å². The SMILES string of the molecule is [2H]C([2H])(CCCCCCC)C(=O)O. The van der Waals surface area contributed by atoms with Crippen molar-refractivity contribution in [2.45, 2.75) is 51.8 Å². The minimum atomic E-state index is -2.04. The number of hydrogen-bond donors (Lipinski definition) is 1. The van der Waals surface area contributed by atoms with Gasteiger partial charge in [0.05, 0.1) is 0 Å². The van der Waals surface area contributed by atoms with Gasteiger partial charge >= 0.3 is 5.97 Å². The second-order valence-corrected chi connectivity index (χ2v) is 2.65. The van der Waals surface area contributed by atoms with E-state index in [0.29, 0.717) is 6.42 Å². The highest BCUT2D eigenvalue weighted by molar-refractivity contribution is 5.66. The molecular weight excluding hydrogens is 140 g/mol. The summed E-state index contributed by atoms with van der Waals surface area (Å²) in [4.78, 5) is 10.4. The summed E-state index contributed by atoms with van der Waals surface area (Å²) in [6.45, 7) is 2.11. The van der Waals surface area contributed by atoms with Gasteiger partial charge in [0, 0.05) is 9.11 Å². The summed E-state index contributed by atoms with van der Waals surface area (Å²) in [6, 6.07) is 0. The maximum Gasteiger partial charge on any atom is 0.303 e. The average Bonchev–Trinajstić information content (AvgIpc) is 2.03. The first-order valence-corrected chi connectivity index (χ1v) is 4.24. The van der Waals surface area contributed by atoms with E-state index in [1.165, 1.54) is 0 Å². The molecule has 0 rings (SSSR count). The Hall–Kier alpha value is -0.530. The molecule has 2 nitrogen and oxygen atoms in total. The summed E-state index contributed by atoms with van der Waals surface area (Å²) >= 11 is 0. The van der Waals surface area contributed by atoms with Crippen LogP contribution < -0.4 is 0 Å². The number of aliphatic carboxylic acids is 1. The Morgan fingerprint density at radius 3 is 2.36 bits per heavy atom. The van der Waals surface area contributed by atoms with Crippen molar-refractivity contribution < 1.29 is 12.6 Å². The lowest BCUT2D eigenvalue weighted by Gasteiger charge is -1.97. The van der Waals surface area contributed by atoms with E-state index in [-0.39, 0.29) is 6.42 Å². The molecule has 0 atom stereocenters. The van der Waals surface area contributed by atoms with E-state index >= 15 is 0 Å². The van der Waals surface area contributed by atoms with Gasteiger partial charge in [-0.1, -0.05) is 39.0 Å². The topological polar surface area (TPSA) is 37.3 Å².